The molecule has 25 heavy (non-hydrogen) atoms. The van der Waals surface area contributed by atoms with Crippen LogP contribution in [0.4, 0.5) is 5.69 Å². The third-order valence-corrected chi connectivity index (χ3v) is 5.90. The minimum atomic E-state index is -0.00456. The summed E-state index contributed by atoms with van der Waals surface area (Å²) in [4.78, 5) is 19.5. The molecule has 7 heteroatoms. The van der Waals surface area contributed by atoms with Crippen molar-refractivity contribution in [3.8, 4) is 0 Å². The molecule has 1 amide bonds. The number of carbonyl (C=O) groups excluding carboxylic acids is 1. The maximum Gasteiger partial charge on any atom is 0.238 e. The van der Waals surface area contributed by atoms with Crippen LogP contribution in [-0.2, 0) is 4.79 Å². The van der Waals surface area contributed by atoms with E-state index < -0.39 is 0 Å². The Morgan fingerprint density at radius 1 is 1.28 bits per heavy atom. The van der Waals surface area contributed by atoms with Crippen molar-refractivity contribution in [2.75, 3.05) is 58.2 Å². The first-order chi connectivity index (χ1) is 12.0. The highest BCUT2D eigenvalue weighted by Gasteiger charge is 2.27. The molecule has 0 bridgehead atoms. The summed E-state index contributed by atoms with van der Waals surface area (Å²) in [5.41, 5.74) is 0.666. The number of likely N-dealkylation sites (tertiary alicyclic amines) is 1. The number of benzene rings is 1. The zero-order valence-corrected chi connectivity index (χ0v) is 17.0. The molecular weight excluding hydrogens is 404 g/mol. The summed E-state index contributed by atoms with van der Waals surface area (Å²) in [5, 5.41) is 3.46. The molecule has 0 aromatic heterocycles. The van der Waals surface area contributed by atoms with E-state index in [1.807, 2.05) is 12.1 Å². The van der Waals surface area contributed by atoms with Crippen LogP contribution in [0.5, 0.6) is 0 Å². The summed E-state index contributed by atoms with van der Waals surface area (Å²) in [5.74, 6) is -0.00456. The SMILES string of the molecule is CN1CCCC(N2CCN(CC(=O)Nc3ccc(Br)cc3Cl)CC2)C1. The number of amides is 1. The van der Waals surface area contributed by atoms with Gasteiger partial charge in [0, 0.05) is 43.2 Å². The molecule has 138 valence electrons. The van der Waals surface area contributed by atoms with Gasteiger partial charge in [-0.25, -0.2) is 0 Å². The first kappa shape index (κ1) is 19.1. The third kappa shape index (κ3) is 5.41. The zero-order valence-electron chi connectivity index (χ0n) is 14.7. The fourth-order valence-corrected chi connectivity index (χ4v) is 4.43. The number of anilines is 1. The van der Waals surface area contributed by atoms with Crippen molar-refractivity contribution < 1.29 is 4.79 Å². The lowest BCUT2D eigenvalue weighted by atomic mass is 10.0. The lowest BCUT2D eigenvalue weighted by Gasteiger charge is -2.42. The van der Waals surface area contributed by atoms with Gasteiger partial charge in [-0.15, -0.1) is 0 Å². The molecule has 1 aromatic carbocycles. The van der Waals surface area contributed by atoms with Crippen LogP contribution in [0, 0.1) is 0 Å². The minimum absolute atomic E-state index is 0.00456. The number of nitrogens with zero attached hydrogens (tertiary/aromatic N) is 3. The molecule has 2 saturated heterocycles. The van der Waals surface area contributed by atoms with Crippen molar-refractivity contribution in [3.63, 3.8) is 0 Å². The monoisotopic (exact) mass is 428 g/mol. The first-order valence-electron chi connectivity index (χ1n) is 8.91. The number of piperidine rings is 1. The summed E-state index contributed by atoms with van der Waals surface area (Å²) in [6.45, 7) is 6.79. The fraction of sp³-hybridized carbons (Fsp3) is 0.611. The highest BCUT2D eigenvalue weighted by atomic mass is 79.9. The van der Waals surface area contributed by atoms with Crippen molar-refractivity contribution in [2.45, 2.75) is 18.9 Å². The summed E-state index contributed by atoms with van der Waals surface area (Å²) < 4.78 is 0.903. The van der Waals surface area contributed by atoms with Crippen molar-refractivity contribution in [2.24, 2.45) is 0 Å². The van der Waals surface area contributed by atoms with E-state index >= 15 is 0 Å². The van der Waals surface area contributed by atoms with Gasteiger partial charge in [-0.3, -0.25) is 14.6 Å². The Bertz CT molecular complexity index is 607. The molecule has 2 aliphatic heterocycles. The minimum Gasteiger partial charge on any atom is -0.324 e. The molecule has 1 N–H and O–H groups in total. The molecule has 0 saturated carbocycles. The van der Waals surface area contributed by atoms with Gasteiger partial charge in [0.15, 0.2) is 0 Å². The fourth-order valence-electron chi connectivity index (χ4n) is 3.71. The second kappa shape index (κ2) is 8.82. The molecule has 2 heterocycles. The van der Waals surface area contributed by atoms with Gasteiger partial charge in [-0.2, -0.15) is 0 Å². The highest BCUT2D eigenvalue weighted by molar-refractivity contribution is 9.10. The Labute approximate surface area is 163 Å². The summed E-state index contributed by atoms with van der Waals surface area (Å²) >= 11 is 9.54. The first-order valence-corrected chi connectivity index (χ1v) is 10.1. The summed E-state index contributed by atoms with van der Waals surface area (Å²) in [7, 11) is 2.21. The normalized spacial score (nSPS) is 23.6. The van der Waals surface area contributed by atoms with Gasteiger partial charge in [0.05, 0.1) is 17.3 Å². The van der Waals surface area contributed by atoms with Gasteiger partial charge in [-0.1, -0.05) is 27.5 Å². The van der Waals surface area contributed by atoms with Crippen LogP contribution in [0.2, 0.25) is 5.02 Å². The number of hydrogen-bond acceptors (Lipinski definition) is 4. The van der Waals surface area contributed by atoms with E-state index in [0.717, 1.165) is 30.7 Å². The molecule has 1 unspecified atom stereocenters. The molecule has 0 aliphatic carbocycles. The van der Waals surface area contributed by atoms with Crippen LogP contribution in [-0.4, -0.2) is 79.5 Å². The molecule has 1 aromatic rings. The van der Waals surface area contributed by atoms with Gasteiger partial charge in [-0.05, 0) is 44.6 Å². The number of carbonyl (C=O) groups is 1. The van der Waals surface area contributed by atoms with Crippen molar-refractivity contribution >= 4 is 39.1 Å². The van der Waals surface area contributed by atoms with Gasteiger partial charge in [0.1, 0.15) is 0 Å². The molecular formula is C18H26BrClN4O. The zero-order chi connectivity index (χ0) is 17.8. The Balaban J connectivity index is 1.44. The second-order valence-electron chi connectivity index (χ2n) is 7.04. The van der Waals surface area contributed by atoms with Gasteiger partial charge < -0.3 is 10.2 Å². The van der Waals surface area contributed by atoms with Crippen molar-refractivity contribution in [1.82, 2.24) is 14.7 Å². The Morgan fingerprint density at radius 2 is 2.04 bits per heavy atom. The van der Waals surface area contributed by atoms with Gasteiger partial charge in [0.25, 0.3) is 0 Å². The Morgan fingerprint density at radius 3 is 2.72 bits per heavy atom. The Hall–Kier alpha value is -0.660. The number of nitrogens with one attached hydrogen (secondary N) is 1. The van der Waals surface area contributed by atoms with E-state index in [1.54, 1.807) is 6.07 Å². The maximum atomic E-state index is 12.3. The van der Waals surface area contributed by atoms with Crippen LogP contribution in [0.15, 0.2) is 22.7 Å². The molecule has 2 aliphatic rings. The average Bonchev–Trinajstić information content (AvgIpc) is 2.58. The predicted molar refractivity (Wildman–Crippen MR) is 106 cm³/mol. The Kier molecular flexibility index (Phi) is 6.74. The van der Waals surface area contributed by atoms with Crippen LogP contribution < -0.4 is 5.32 Å². The van der Waals surface area contributed by atoms with E-state index in [0.29, 0.717) is 23.3 Å². The number of hydrogen-bond donors (Lipinski definition) is 1. The van der Waals surface area contributed by atoms with Crippen LogP contribution in [0.25, 0.3) is 0 Å². The lowest BCUT2D eigenvalue weighted by molar-refractivity contribution is -0.117. The largest absolute Gasteiger partial charge is 0.324 e. The lowest BCUT2D eigenvalue weighted by Crippen LogP contribution is -2.55. The van der Waals surface area contributed by atoms with E-state index in [-0.39, 0.29) is 5.91 Å². The molecule has 0 spiro atoms. The molecule has 1 atom stereocenters. The standard InChI is InChI=1S/C18H26BrClN4O/c1-22-6-2-3-15(12-22)24-9-7-23(8-10-24)13-18(25)21-17-5-4-14(19)11-16(17)20/h4-5,11,15H,2-3,6-10,12-13H2,1H3,(H,21,25). The maximum absolute atomic E-state index is 12.3. The molecule has 0 radical (unpaired) electrons. The predicted octanol–water partition coefficient (Wildman–Crippen LogP) is 2.75. The topological polar surface area (TPSA) is 38.8 Å². The van der Waals surface area contributed by atoms with E-state index in [4.69, 9.17) is 11.6 Å². The van der Waals surface area contributed by atoms with E-state index in [2.05, 4.69) is 43.0 Å². The average molecular weight is 430 g/mol. The smallest absolute Gasteiger partial charge is 0.238 e. The van der Waals surface area contributed by atoms with Gasteiger partial charge >= 0.3 is 0 Å². The summed E-state index contributed by atoms with van der Waals surface area (Å²) in [6, 6.07) is 6.16. The van der Waals surface area contributed by atoms with Crippen LogP contribution >= 0.6 is 27.5 Å². The van der Waals surface area contributed by atoms with Crippen LogP contribution in [0.3, 0.4) is 0 Å². The van der Waals surface area contributed by atoms with Crippen LogP contribution in [0.1, 0.15) is 12.8 Å². The van der Waals surface area contributed by atoms with E-state index in [1.165, 1.54) is 25.9 Å². The number of likely N-dealkylation sites (N-methyl/N-ethyl adjacent to an activating group) is 1. The highest BCUT2D eigenvalue weighted by Crippen LogP contribution is 2.25. The number of halogens is 2. The molecule has 2 fully saturated rings. The van der Waals surface area contributed by atoms with Crippen molar-refractivity contribution in [1.29, 1.82) is 0 Å². The number of rotatable bonds is 4. The molecule has 3 rings (SSSR count). The molecule has 5 nitrogen and oxygen atoms in total. The second-order valence-corrected chi connectivity index (χ2v) is 8.37. The van der Waals surface area contributed by atoms with Crippen molar-refractivity contribution in [3.05, 3.63) is 27.7 Å². The number of piperazine rings is 1. The summed E-state index contributed by atoms with van der Waals surface area (Å²) in [6.07, 6.45) is 2.59. The third-order valence-electron chi connectivity index (χ3n) is 5.10. The quantitative estimate of drug-likeness (QED) is 0.799. The van der Waals surface area contributed by atoms with Gasteiger partial charge in [0.2, 0.25) is 5.91 Å². The van der Waals surface area contributed by atoms with E-state index in [9.17, 15) is 4.79 Å².